The van der Waals surface area contributed by atoms with Crippen LogP contribution in [0.15, 0.2) is 24.3 Å². The molecule has 0 atom stereocenters. The molecule has 0 spiro atoms. The molecule has 0 unspecified atom stereocenters. The first kappa shape index (κ1) is 12.5. The Bertz CT molecular complexity index is 439. The normalized spacial score (nSPS) is 15.1. The predicted molar refractivity (Wildman–Crippen MR) is 70.5 cm³/mol. The quantitative estimate of drug-likeness (QED) is 0.824. The van der Waals surface area contributed by atoms with Crippen molar-refractivity contribution in [1.82, 2.24) is 5.32 Å². The van der Waals surface area contributed by atoms with Gasteiger partial charge in [0.05, 0.1) is 0 Å². The van der Waals surface area contributed by atoms with Crippen LogP contribution in [-0.2, 0) is 0 Å². The fourth-order valence-corrected chi connectivity index (χ4v) is 2.17. The fourth-order valence-electron chi connectivity index (χ4n) is 2.17. The van der Waals surface area contributed by atoms with Gasteiger partial charge in [0.25, 0.3) is 5.91 Å². The second-order valence-corrected chi connectivity index (χ2v) is 4.47. The molecule has 18 heavy (non-hydrogen) atoms. The van der Waals surface area contributed by atoms with Gasteiger partial charge < -0.3 is 10.1 Å². The number of hydrogen-bond acceptors (Lipinski definition) is 2. The van der Waals surface area contributed by atoms with E-state index in [1.54, 1.807) is 24.3 Å². The second kappa shape index (κ2) is 6.11. The van der Waals surface area contributed by atoms with Crippen LogP contribution in [0.5, 0.6) is 5.75 Å². The summed E-state index contributed by atoms with van der Waals surface area (Å²) >= 11 is 0. The van der Waals surface area contributed by atoms with Crippen LogP contribution in [0.1, 0.15) is 36.0 Å². The molecule has 0 aliphatic heterocycles. The van der Waals surface area contributed by atoms with Gasteiger partial charge in [-0.15, -0.1) is 6.42 Å². The first-order valence-electron chi connectivity index (χ1n) is 6.27. The van der Waals surface area contributed by atoms with E-state index in [9.17, 15) is 4.79 Å². The van der Waals surface area contributed by atoms with E-state index in [2.05, 4.69) is 11.2 Å². The molecule has 0 bridgehead atoms. The molecule has 1 aliphatic carbocycles. The van der Waals surface area contributed by atoms with E-state index in [1.165, 1.54) is 12.8 Å². The highest BCUT2D eigenvalue weighted by molar-refractivity contribution is 5.94. The highest BCUT2D eigenvalue weighted by Gasteiger charge is 2.17. The Morgan fingerprint density at radius 3 is 2.61 bits per heavy atom. The van der Waals surface area contributed by atoms with E-state index >= 15 is 0 Å². The van der Waals surface area contributed by atoms with E-state index < -0.39 is 0 Å². The minimum absolute atomic E-state index is 0.00889. The van der Waals surface area contributed by atoms with Gasteiger partial charge in [-0.1, -0.05) is 18.8 Å². The third-order valence-corrected chi connectivity index (χ3v) is 3.13. The summed E-state index contributed by atoms with van der Waals surface area (Å²) in [5.41, 5.74) is 0.662. The van der Waals surface area contributed by atoms with Gasteiger partial charge in [0.1, 0.15) is 12.4 Å². The average Bonchev–Trinajstić information content (AvgIpc) is 2.89. The van der Waals surface area contributed by atoms with E-state index in [1.807, 2.05) is 0 Å². The van der Waals surface area contributed by atoms with Crippen molar-refractivity contribution in [2.75, 3.05) is 6.61 Å². The van der Waals surface area contributed by atoms with Gasteiger partial charge in [0.2, 0.25) is 0 Å². The topological polar surface area (TPSA) is 38.3 Å². The van der Waals surface area contributed by atoms with Crippen LogP contribution < -0.4 is 10.1 Å². The van der Waals surface area contributed by atoms with Crippen LogP contribution in [0.25, 0.3) is 0 Å². The van der Waals surface area contributed by atoms with Crippen LogP contribution in [-0.4, -0.2) is 18.6 Å². The van der Waals surface area contributed by atoms with Crippen LogP contribution in [0.4, 0.5) is 0 Å². The minimum Gasteiger partial charge on any atom is -0.481 e. The zero-order chi connectivity index (χ0) is 12.8. The van der Waals surface area contributed by atoms with Gasteiger partial charge in [-0.3, -0.25) is 4.79 Å². The molecule has 0 heterocycles. The Balaban J connectivity index is 1.91. The Morgan fingerprint density at radius 1 is 1.33 bits per heavy atom. The number of terminal acetylenes is 1. The highest BCUT2D eigenvalue weighted by atomic mass is 16.5. The second-order valence-electron chi connectivity index (χ2n) is 4.47. The Hall–Kier alpha value is -1.95. The maximum Gasteiger partial charge on any atom is 0.251 e. The number of carbonyl (C=O) groups excluding carboxylic acids is 1. The van der Waals surface area contributed by atoms with Gasteiger partial charge in [0.15, 0.2) is 0 Å². The SMILES string of the molecule is C#CCOc1ccc(C(=O)NC2CCCC2)cc1. The van der Waals surface area contributed by atoms with Crippen LogP contribution in [0.2, 0.25) is 0 Å². The van der Waals surface area contributed by atoms with Crippen molar-refractivity contribution in [3.63, 3.8) is 0 Å². The molecule has 1 fully saturated rings. The molecule has 0 radical (unpaired) electrons. The summed E-state index contributed by atoms with van der Waals surface area (Å²) in [7, 11) is 0. The number of ether oxygens (including phenoxy) is 1. The number of amides is 1. The van der Waals surface area contributed by atoms with Crippen LogP contribution in [0, 0.1) is 12.3 Å². The zero-order valence-corrected chi connectivity index (χ0v) is 10.3. The molecule has 2 rings (SSSR count). The van der Waals surface area contributed by atoms with Crippen molar-refractivity contribution in [2.24, 2.45) is 0 Å². The number of nitrogens with one attached hydrogen (secondary N) is 1. The van der Waals surface area contributed by atoms with E-state index in [0.29, 0.717) is 17.4 Å². The summed E-state index contributed by atoms with van der Waals surface area (Å²) in [6.07, 6.45) is 9.72. The van der Waals surface area contributed by atoms with Gasteiger partial charge >= 0.3 is 0 Å². The lowest BCUT2D eigenvalue weighted by atomic mass is 10.1. The van der Waals surface area contributed by atoms with Crippen molar-refractivity contribution < 1.29 is 9.53 Å². The summed E-state index contributed by atoms with van der Waals surface area (Å²) < 4.78 is 5.26. The predicted octanol–water partition coefficient (Wildman–Crippen LogP) is 2.37. The lowest BCUT2D eigenvalue weighted by Gasteiger charge is -2.12. The Morgan fingerprint density at radius 2 is 2.00 bits per heavy atom. The third-order valence-electron chi connectivity index (χ3n) is 3.13. The summed E-state index contributed by atoms with van der Waals surface area (Å²) in [5.74, 6) is 3.08. The van der Waals surface area contributed by atoms with E-state index in [0.717, 1.165) is 12.8 Å². The Labute approximate surface area is 108 Å². The van der Waals surface area contributed by atoms with E-state index in [-0.39, 0.29) is 12.5 Å². The average molecular weight is 243 g/mol. The molecule has 3 nitrogen and oxygen atoms in total. The van der Waals surface area contributed by atoms with Crippen LogP contribution >= 0.6 is 0 Å². The molecule has 3 heteroatoms. The van der Waals surface area contributed by atoms with Crippen molar-refractivity contribution >= 4 is 5.91 Å². The third kappa shape index (κ3) is 3.27. The maximum absolute atomic E-state index is 11.9. The number of rotatable bonds is 4. The molecule has 1 saturated carbocycles. The summed E-state index contributed by atoms with van der Waals surface area (Å²) in [5, 5.41) is 3.05. The summed E-state index contributed by atoms with van der Waals surface area (Å²) in [6, 6.07) is 7.39. The zero-order valence-electron chi connectivity index (χ0n) is 10.3. The molecule has 1 N–H and O–H groups in total. The summed E-state index contributed by atoms with van der Waals surface area (Å²) in [4.78, 5) is 11.9. The van der Waals surface area contributed by atoms with Gasteiger partial charge in [-0.25, -0.2) is 0 Å². The fraction of sp³-hybridized carbons (Fsp3) is 0.400. The molecule has 0 aromatic heterocycles. The van der Waals surface area contributed by atoms with Crippen molar-refractivity contribution in [1.29, 1.82) is 0 Å². The Kier molecular flexibility index (Phi) is 4.25. The number of hydrogen-bond donors (Lipinski definition) is 1. The van der Waals surface area contributed by atoms with Crippen molar-refractivity contribution in [3.05, 3.63) is 29.8 Å². The smallest absolute Gasteiger partial charge is 0.251 e. The lowest BCUT2D eigenvalue weighted by molar-refractivity contribution is 0.0938. The first-order valence-corrected chi connectivity index (χ1v) is 6.27. The minimum atomic E-state index is -0.00889. The monoisotopic (exact) mass is 243 g/mol. The molecule has 1 aliphatic rings. The van der Waals surface area contributed by atoms with Gasteiger partial charge in [-0.2, -0.15) is 0 Å². The van der Waals surface area contributed by atoms with Crippen molar-refractivity contribution in [3.8, 4) is 18.1 Å². The number of benzene rings is 1. The molecule has 1 aromatic carbocycles. The molecule has 94 valence electrons. The maximum atomic E-state index is 11.9. The van der Waals surface area contributed by atoms with Gasteiger partial charge in [0, 0.05) is 11.6 Å². The molecule has 0 saturated heterocycles. The molecule has 1 aromatic rings. The largest absolute Gasteiger partial charge is 0.481 e. The highest BCUT2D eigenvalue weighted by Crippen LogP contribution is 2.18. The standard InChI is InChI=1S/C15H17NO2/c1-2-11-18-14-9-7-12(8-10-14)15(17)16-13-5-3-4-6-13/h1,7-10,13H,3-6,11H2,(H,16,17). The molecular weight excluding hydrogens is 226 g/mol. The first-order chi connectivity index (χ1) is 8.79. The summed E-state index contributed by atoms with van der Waals surface area (Å²) in [6.45, 7) is 0.244. The lowest BCUT2D eigenvalue weighted by Crippen LogP contribution is -2.32. The molecule has 1 amide bonds. The van der Waals surface area contributed by atoms with Gasteiger partial charge in [-0.05, 0) is 37.1 Å². The molecular formula is C15H17NO2. The van der Waals surface area contributed by atoms with Crippen LogP contribution in [0.3, 0.4) is 0 Å². The number of carbonyl (C=O) groups is 1. The van der Waals surface area contributed by atoms with Crippen molar-refractivity contribution in [2.45, 2.75) is 31.7 Å². The van der Waals surface area contributed by atoms with E-state index in [4.69, 9.17) is 11.2 Å².